The van der Waals surface area contributed by atoms with E-state index < -0.39 is 12.2 Å². The fraction of sp³-hybridized carbons (Fsp3) is 0.200. The van der Waals surface area contributed by atoms with Crippen LogP contribution in [0.1, 0.15) is 34.1 Å². The van der Waals surface area contributed by atoms with E-state index >= 15 is 0 Å². The Labute approximate surface area is 128 Å². The zero-order valence-corrected chi connectivity index (χ0v) is 12.0. The molecule has 0 amide bonds. The van der Waals surface area contributed by atoms with Gasteiger partial charge in [0.05, 0.1) is 12.2 Å². The highest BCUT2D eigenvalue weighted by Gasteiger charge is 2.49. The molecular weight excluding hydrogens is 272 g/mol. The topological polar surface area (TPSA) is 40.5 Å². The van der Waals surface area contributed by atoms with Gasteiger partial charge in [0.25, 0.3) is 0 Å². The number of rotatable bonds is 0. The number of hydrogen-bond donors (Lipinski definition) is 2. The van der Waals surface area contributed by atoms with Crippen molar-refractivity contribution >= 4 is 10.8 Å². The summed E-state index contributed by atoms with van der Waals surface area (Å²) in [5.41, 5.74) is 4.68. The molecule has 0 aliphatic heterocycles. The molecule has 22 heavy (non-hydrogen) atoms. The molecule has 3 aliphatic rings. The largest absolute Gasteiger partial charge is 0.389 e. The first-order valence-corrected chi connectivity index (χ1v) is 7.74. The Morgan fingerprint density at radius 1 is 0.591 bits per heavy atom. The van der Waals surface area contributed by atoms with Gasteiger partial charge in [0.15, 0.2) is 0 Å². The maximum Gasteiger partial charge on any atom is 0.0917 e. The molecule has 2 nitrogen and oxygen atoms in total. The van der Waals surface area contributed by atoms with Crippen molar-refractivity contribution in [3.8, 4) is 0 Å². The van der Waals surface area contributed by atoms with Crippen LogP contribution in [0.15, 0.2) is 60.7 Å². The van der Waals surface area contributed by atoms with Crippen molar-refractivity contribution in [1.29, 1.82) is 0 Å². The van der Waals surface area contributed by atoms with Crippen molar-refractivity contribution in [1.82, 2.24) is 0 Å². The number of aliphatic hydroxyl groups excluding tert-OH is 2. The average Bonchev–Trinajstić information content (AvgIpc) is 2.57. The van der Waals surface area contributed by atoms with Crippen LogP contribution in [-0.2, 0) is 0 Å². The average molecular weight is 288 g/mol. The molecule has 6 rings (SSSR count). The van der Waals surface area contributed by atoms with E-state index in [-0.39, 0.29) is 11.8 Å². The molecule has 0 spiro atoms. The Hall–Kier alpha value is -2.16. The minimum atomic E-state index is -0.738. The van der Waals surface area contributed by atoms with Crippen LogP contribution in [-0.4, -0.2) is 22.4 Å². The van der Waals surface area contributed by atoms with Gasteiger partial charge in [-0.1, -0.05) is 60.7 Å². The third-order valence-corrected chi connectivity index (χ3v) is 5.35. The van der Waals surface area contributed by atoms with Crippen LogP contribution in [0.4, 0.5) is 0 Å². The predicted molar refractivity (Wildman–Crippen MR) is 86.1 cm³/mol. The maximum absolute atomic E-state index is 10.7. The molecule has 3 aromatic carbocycles. The smallest absolute Gasteiger partial charge is 0.0917 e. The predicted octanol–water partition coefficient (Wildman–Crippen LogP) is 3.15. The molecule has 3 aliphatic carbocycles. The summed E-state index contributed by atoms with van der Waals surface area (Å²) in [4.78, 5) is 0. The Morgan fingerprint density at radius 2 is 1.23 bits per heavy atom. The second-order valence-electron chi connectivity index (χ2n) is 6.36. The SMILES string of the molecule is O[C@@H]1[C@H]2c3ccccc3[C@@H](c3ccc4ccccc4c32)[C@@H]1O. The lowest BCUT2D eigenvalue weighted by molar-refractivity contribution is -0.0150. The van der Waals surface area contributed by atoms with Gasteiger partial charge in [-0.15, -0.1) is 0 Å². The number of benzene rings is 3. The first-order chi connectivity index (χ1) is 10.8. The van der Waals surface area contributed by atoms with Crippen LogP contribution >= 0.6 is 0 Å². The monoisotopic (exact) mass is 288 g/mol. The van der Waals surface area contributed by atoms with Crippen LogP contribution in [0.2, 0.25) is 0 Å². The van der Waals surface area contributed by atoms with Crippen molar-refractivity contribution in [2.75, 3.05) is 0 Å². The minimum absolute atomic E-state index is 0.129. The number of hydrogen-bond acceptors (Lipinski definition) is 2. The fourth-order valence-electron chi connectivity index (χ4n) is 4.45. The van der Waals surface area contributed by atoms with Gasteiger partial charge in [-0.3, -0.25) is 0 Å². The zero-order chi connectivity index (χ0) is 14.8. The quantitative estimate of drug-likeness (QED) is 0.667. The molecule has 0 saturated carbocycles. The molecular formula is C20H16O2. The van der Waals surface area contributed by atoms with Gasteiger partial charge >= 0.3 is 0 Å². The normalized spacial score (nSPS) is 28.5. The van der Waals surface area contributed by atoms with Crippen LogP contribution in [0.3, 0.4) is 0 Å². The van der Waals surface area contributed by atoms with E-state index in [9.17, 15) is 10.2 Å². The molecule has 0 fully saturated rings. The third-order valence-electron chi connectivity index (χ3n) is 5.35. The second-order valence-corrected chi connectivity index (χ2v) is 6.36. The lowest BCUT2D eigenvalue weighted by Gasteiger charge is -2.47. The highest BCUT2D eigenvalue weighted by Crippen LogP contribution is 2.54. The first-order valence-electron chi connectivity index (χ1n) is 7.74. The molecule has 0 saturated heterocycles. The van der Waals surface area contributed by atoms with Crippen LogP contribution in [0.25, 0.3) is 10.8 Å². The van der Waals surface area contributed by atoms with E-state index in [0.29, 0.717) is 0 Å². The molecule has 0 radical (unpaired) electrons. The highest BCUT2D eigenvalue weighted by atomic mass is 16.3. The zero-order valence-electron chi connectivity index (χ0n) is 12.0. The van der Waals surface area contributed by atoms with Gasteiger partial charge in [0.1, 0.15) is 0 Å². The standard InChI is InChI=1S/C20H16O2/c21-19-17-13-7-3-4-8-14(13)18(20(19)22)16-12-6-2-1-5-11(12)9-10-15(16)17/h1-10,17-22H/t17-,18-,19-,20+/m0/s1. The number of aliphatic hydroxyl groups is 2. The van der Waals surface area contributed by atoms with Gasteiger partial charge in [-0.2, -0.15) is 0 Å². The van der Waals surface area contributed by atoms with Crippen molar-refractivity contribution in [3.63, 3.8) is 0 Å². The van der Waals surface area contributed by atoms with Crippen LogP contribution in [0, 0.1) is 0 Å². The first kappa shape index (κ1) is 12.4. The molecule has 108 valence electrons. The van der Waals surface area contributed by atoms with E-state index in [2.05, 4.69) is 36.4 Å². The molecule has 4 atom stereocenters. The van der Waals surface area contributed by atoms with Gasteiger partial charge in [0, 0.05) is 11.8 Å². The van der Waals surface area contributed by atoms with Gasteiger partial charge in [-0.25, -0.2) is 0 Å². The third kappa shape index (κ3) is 1.37. The summed E-state index contributed by atoms with van der Waals surface area (Å²) >= 11 is 0. The summed E-state index contributed by atoms with van der Waals surface area (Å²) < 4.78 is 0. The van der Waals surface area contributed by atoms with E-state index in [1.165, 1.54) is 21.9 Å². The Balaban J connectivity index is 1.92. The van der Waals surface area contributed by atoms with Crippen LogP contribution in [0.5, 0.6) is 0 Å². The number of fused-ring (bicyclic) bond motifs is 2. The summed E-state index contributed by atoms with van der Waals surface area (Å²) in [6.07, 6.45) is -1.47. The molecule has 0 aromatic heterocycles. The van der Waals surface area contributed by atoms with Crippen molar-refractivity contribution in [3.05, 3.63) is 82.9 Å². The van der Waals surface area contributed by atoms with Gasteiger partial charge in [-0.05, 0) is 33.0 Å². The van der Waals surface area contributed by atoms with E-state index in [1.807, 2.05) is 24.3 Å². The second kappa shape index (κ2) is 4.19. The molecule has 0 unspecified atom stereocenters. The lowest BCUT2D eigenvalue weighted by atomic mass is 9.60. The molecule has 2 heteroatoms. The van der Waals surface area contributed by atoms with Gasteiger partial charge < -0.3 is 10.2 Å². The Kier molecular flexibility index (Phi) is 2.36. The minimum Gasteiger partial charge on any atom is -0.389 e. The Bertz CT molecular complexity index is 899. The summed E-state index contributed by atoms with van der Waals surface area (Å²) in [5, 5.41) is 23.6. The van der Waals surface area contributed by atoms with Crippen molar-refractivity contribution in [2.24, 2.45) is 0 Å². The fourth-order valence-corrected chi connectivity index (χ4v) is 4.45. The van der Waals surface area contributed by atoms with Gasteiger partial charge in [0.2, 0.25) is 0 Å². The molecule has 3 aromatic rings. The maximum atomic E-state index is 10.7. The highest BCUT2D eigenvalue weighted by molar-refractivity contribution is 5.89. The van der Waals surface area contributed by atoms with Crippen LogP contribution < -0.4 is 0 Å². The summed E-state index contributed by atoms with van der Waals surface area (Å²) in [5.74, 6) is -0.270. The van der Waals surface area contributed by atoms with E-state index in [4.69, 9.17) is 0 Å². The van der Waals surface area contributed by atoms with E-state index in [1.54, 1.807) is 0 Å². The summed E-state index contributed by atoms with van der Waals surface area (Å²) in [6.45, 7) is 0. The Morgan fingerprint density at radius 3 is 2.05 bits per heavy atom. The molecule has 2 N–H and O–H groups in total. The van der Waals surface area contributed by atoms with Crippen molar-refractivity contribution in [2.45, 2.75) is 24.0 Å². The lowest BCUT2D eigenvalue weighted by Crippen LogP contribution is -2.47. The summed E-state index contributed by atoms with van der Waals surface area (Å²) in [6, 6.07) is 20.8. The summed E-state index contributed by atoms with van der Waals surface area (Å²) in [7, 11) is 0. The van der Waals surface area contributed by atoms with E-state index in [0.717, 1.165) is 11.1 Å². The molecule has 0 heterocycles. The molecule has 2 bridgehead atoms. The van der Waals surface area contributed by atoms with Crippen molar-refractivity contribution < 1.29 is 10.2 Å².